The Kier molecular flexibility index (Phi) is 4.51. The molecule has 1 rings (SSSR count). The van der Waals surface area contributed by atoms with Crippen LogP contribution in [0.3, 0.4) is 0 Å². The molecule has 0 saturated carbocycles. The van der Waals surface area contributed by atoms with Crippen LogP contribution in [-0.2, 0) is 14.8 Å². The van der Waals surface area contributed by atoms with Crippen LogP contribution in [0.25, 0.3) is 0 Å². The van der Waals surface area contributed by atoms with E-state index in [-0.39, 0.29) is 11.3 Å². The zero-order valence-corrected chi connectivity index (χ0v) is 10.5. The molecule has 0 unspecified atom stereocenters. The summed E-state index contributed by atoms with van der Waals surface area (Å²) in [5.41, 5.74) is 11.2. The van der Waals surface area contributed by atoms with Crippen LogP contribution in [0.15, 0.2) is 23.1 Å². The van der Waals surface area contributed by atoms with Crippen LogP contribution in [0, 0.1) is 0 Å². The number of sulfonamides is 1. The molecule has 0 atom stereocenters. The Bertz CT molecular complexity index is 542. The van der Waals surface area contributed by atoms with Crippen molar-refractivity contribution >= 4 is 27.3 Å². The lowest BCUT2D eigenvalue weighted by molar-refractivity contribution is -0.118. The van der Waals surface area contributed by atoms with Crippen LogP contribution in [0.2, 0.25) is 0 Å². The zero-order chi connectivity index (χ0) is 13.8. The molecule has 7 nitrogen and oxygen atoms in total. The molecule has 18 heavy (non-hydrogen) atoms. The first-order chi connectivity index (χ1) is 8.30. The molecule has 0 bridgehead atoms. The van der Waals surface area contributed by atoms with Crippen molar-refractivity contribution in [3.8, 4) is 0 Å². The third kappa shape index (κ3) is 4.22. The fraction of sp³-hybridized carbons (Fsp3) is 0.300. The van der Waals surface area contributed by atoms with E-state index in [9.17, 15) is 13.2 Å². The van der Waals surface area contributed by atoms with Gasteiger partial charge in [-0.15, -0.1) is 0 Å². The Morgan fingerprint density at radius 3 is 2.56 bits per heavy atom. The largest absolute Gasteiger partial charge is 0.399 e. The molecule has 0 saturated heterocycles. The van der Waals surface area contributed by atoms with E-state index in [1.165, 1.54) is 12.1 Å². The molecule has 100 valence electrons. The predicted molar refractivity (Wildman–Crippen MR) is 69.1 cm³/mol. The molecule has 0 aliphatic rings. The average Bonchev–Trinajstić information content (AvgIpc) is 2.24. The molecule has 0 fully saturated rings. The summed E-state index contributed by atoms with van der Waals surface area (Å²) in [6.07, 6.45) is 0.733. The van der Waals surface area contributed by atoms with Crippen LogP contribution in [0.5, 0.6) is 0 Å². The SMILES string of the molecule is NC(=O)CCCNc1ccc(N)cc1S(N)(=O)=O. The Hall–Kier alpha value is -1.80. The van der Waals surface area contributed by atoms with E-state index in [4.69, 9.17) is 16.6 Å². The maximum atomic E-state index is 11.4. The van der Waals surface area contributed by atoms with Crippen LogP contribution in [-0.4, -0.2) is 20.9 Å². The highest BCUT2D eigenvalue weighted by molar-refractivity contribution is 7.89. The van der Waals surface area contributed by atoms with Gasteiger partial charge in [-0.05, 0) is 24.6 Å². The van der Waals surface area contributed by atoms with E-state index in [1.54, 1.807) is 6.07 Å². The summed E-state index contributed by atoms with van der Waals surface area (Å²) >= 11 is 0. The Morgan fingerprint density at radius 1 is 1.33 bits per heavy atom. The number of hydrogen-bond acceptors (Lipinski definition) is 5. The maximum absolute atomic E-state index is 11.4. The van der Waals surface area contributed by atoms with Crippen molar-refractivity contribution in [2.24, 2.45) is 10.9 Å². The molecule has 0 radical (unpaired) electrons. The highest BCUT2D eigenvalue weighted by Crippen LogP contribution is 2.22. The Balaban J connectivity index is 2.80. The standard InChI is InChI=1S/C10H16N4O3S/c11-7-3-4-8(9(6-7)18(13,16)17)14-5-1-2-10(12)15/h3-4,6,14H,1-2,5,11H2,(H2,12,15)(H2,13,16,17). The summed E-state index contributed by atoms with van der Waals surface area (Å²) in [5, 5.41) is 7.96. The summed E-state index contributed by atoms with van der Waals surface area (Å²) in [6.45, 7) is 0.412. The topological polar surface area (TPSA) is 141 Å². The molecule has 7 N–H and O–H groups in total. The second-order valence-electron chi connectivity index (χ2n) is 3.80. The lowest BCUT2D eigenvalue weighted by Crippen LogP contribution is -2.17. The number of anilines is 2. The highest BCUT2D eigenvalue weighted by atomic mass is 32.2. The van der Waals surface area contributed by atoms with Gasteiger partial charge in [0.15, 0.2) is 0 Å². The number of primary amides is 1. The summed E-state index contributed by atoms with van der Waals surface area (Å²) in [6, 6.07) is 4.37. The molecule has 1 aromatic carbocycles. The van der Waals surface area contributed by atoms with Crippen molar-refractivity contribution in [3.05, 3.63) is 18.2 Å². The minimum atomic E-state index is -3.84. The number of primary sulfonamides is 1. The third-order valence-electron chi connectivity index (χ3n) is 2.23. The van der Waals surface area contributed by atoms with Gasteiger partial charge in [-0.1, -0.05) is 0 Å². The number of nitrogens with one attached hydrogen (secondary N) is 1. The van der Waals surface area contributed by atoms with Gasteiger partial charge < -0.3 is 16.8 Å². The molecule has 1 amide bonds. The molecular weight excluding hydrogens is 256 g/mol. The summed E-state index contributed by atoms with van der Waals surface area (Å²) in [7, 11) is -3.84. The lowest BCUT2D eigenvalue weighted by atomic mass is 10.2. The maximum Gasteiger partial charge on any atom is 0.240 e. The van der Waals surface area contributed by atoms with Gasteiger partial charge in [0.05, 0.1) is 5.69 Å². The van der Waals surface area contributed by atoms with Crippen molar-refractivity contribution in [2.75, 3.05) is 17.6 Å². The first-order valence-corrected chi connectivity index (χ1v) is 6.80. The quantitative estimate of drug-likeness (QED) is 0.411. The van der Waals surface area contributed by atoms with Gasteiger partial charge in [-0.3, -0.25) is 4.79 Å². The van der Waals surface area contributed by atoms with Crippen molar-refractivity contribution in [3.63, 3.8) is 0 Å². The van der Waals surface area contributed by atoms with E-state index in [1.807, 2.05) is 0 Å². The summed E-state index contributed by atoms with van der Waals surface area (Å²) < 4.78 is 22.7. The van der Waals surface area contributed by atoms with Crippen molar-refractivity contribution < 1.29 is 13.2 Å². The number of hydrogen-bond donors (Lipinski definition) is 4. The number of rotatable bonds is 6. The number of carbonyl (C=O) groups is 1. The first-order valence-electron chi connectivity index (χ1n) is 5.25. The number of benzene rings is 1. The normalized spacial score (nSPS) is 11.2. The smallest absolute Gasteiger partial charge is 0.240 e. The minimum absolute atomic E-state index is 0.0680. The van der Waals surface area contributed by atoms with Gasteiger partial charge in [0, 0.05) is 18.7 Å². The lowest BCUT2D eigenvalue weighted by Gasteiger charge is -2.11. The van der Waals surface area contributed by atoms with Gasteiger partial charge in [0.25, 0.3) is 0 Å². The molecule has 0 heterocycles. The average molecular weight is 272 g/mol. The van der Waals surface area contributed by atoms with Crippen LogP contribution < -0.4 is 21.9 Å². The van der Waals surface area contributed by atoms with Crippen LogP contribution >= 0.6 is 0 Å². The van der Waals surface area contributed by atoms with E-state index >= 15 is 0 Å². The predicted octanol–water partition coefficient (Wildman–Crippen LogP) is -0.406. The third-order valence-corrected chi connectivity index (χ3v) is 3.18. The Labute approximate surface area is 105 Å². The first kappa shape index (κ1) is 14.3. The van der Waals surface area contributed by atoms with E-state index in [2.05, 4.69) is 5.32 Å². The Morgan fingerprint density at radius 2 is 2.00 bits per heavy atom. The van der Waals surface area contributed by atoms with E-state index in [0.717, 1.165) is 0 Å². The van der Waals surface area contributed by atoms with Gasteiger partial charge in [0.2, 0.25) is 15.9 Å². The van der Waals surface area contributed by atoms with Crippen molar-refractivity contribution in [1.82, 2.24) is 0 Å². The highest BCUT2D eigenvalue weighted by Gasteiger charge is 2.14. The molecule has 0 spiro atoms. The monoisotopic (exact) mass is 272 g/mol. The minimum Gasteiger partial charge on any atom is -0.399 e. The molecule has 8 heteroatoms. The van der Waals surface area contributed by atoms with Gasteiger partial charge >= 0.3 is 0 Å². The molecule has 0 aliphatic carbocycles. The second-order valence-corrected chi connectivity index (χ2v) is 5.33. The number of carbonyl (C=O) groups excluding carboxylic acids is 1. The fourth-order valence-electron chi connectivity index (χ4n) is 1.41. The number of nitrogens with two attached hydrogens (primary N) is 3. The molecule has 1 aromatic rings. The molecule has 0 aliphatic heterocycles. The summed E-state index contributed by atoms with van der Waals surface area (Å²) in [5.74, 6) is -0.402. The number of amides is 1. The second kappa shape index (κ2) is 5.69. The van der Waals surface area contributed by atoms with Crippen molar-refractivity contribution in [2.45, 2.75) is 17.7 Å². The fourth-order valence-corrected chi connectivity index (χ4v) is 2.15. The van der Waals surface area contributed by atoms with Gasteiger partial charge in [0.1, 0.15) is 4.90 Å². The summed E-state index contributed by atoms with van der Waals surface area (Å²) in [4.78, 5) is 10.5. The van der Waals surface area contributed by atoms with E-state index < -0.39 is 15.9 Å². The molecule has 0 aromatic heterocycles. The molecular formula is C10H16N4O3S. The van der Waals surface area contributed by atoms with Gasteiger partial charge in [-0.25, -0.2) is 13.6 Å². The number of nitrogen functional groups attached to an aromatic ring is 1. The van der Waals surface area contributed by atoms with Crippen LogP contribution in [0.4, 0.5) is 11.4 Å². The van der Waals surface area contributed by atoms with Gasteiger partial charge in [-0.2, -0.15) is 0 Å². The zero-order valence-electron chi connectivity index (χ0n) is 9.72. The van der Waals surface area contributed by atoms with Crippen molar-refractivity contribution in [1.29, 1.82) is 0 Å². The van der Waals surface area contributed by atoms with Crippen LogP contribution in [0.1, 0.15) is 12.8 Å². The van der Waals surface area contributed by atoms with E-state index in [0.29, 0.717) is 24.3 Å².